The molecule has 19 heteroatoms. The lowest BCUT2D eigenvalue weighted by molar-refractivity contribution is -0.161. The van der Waals surface area contributed by atoms with Crippen LogP contribution in [0.5, 0.6) is 0 Å². The fourth-order valence-corrected chi connectivity index (χ4v) is 15.4. The van der Waals surface area contributed by atoms with Crippen molar-refractivity contribution in [1.82, 2.24) is 0 Å². The molecule has 108 heavy (non-hydrogen) atoms. The van der Waals surface area contributed by atoms with Gasteiger partial charge in [-0.3, -0.25) is 37.3 Å². The molecule has 0 radical (unpaired) electrons. The third-order valence-electron chi connectivity index (χ3n) is 21.2. The number of hydrogen-bond donors (Lipinski definition) is 3. The summed E-state index contributed by atoms with van der Waals surface area (Å²) in [5.74, 6) is 0.288. The van der Waals surface area contributed by atoms with Crippen molar-refractivity contribution in [3.8, 4) is 0 Å². The van der Waals surface area contributed by atoms with Crippen LogP contribution in [0.15, 0.2) is 0 Å². The van der Waals surface area contributed by atoms with Crippen LogP contribution in [0, 0.1) is 17.8 Å². The Balaban J connectivity index is 5.26. The van der Waals surface area contributed by atoms with Gasteiger partial charge in [-0.1, -0.05) is 421 Å². The number of phosphoric acid groups is 2. The Hall–Kier alpha value is -1.94. The second-order valence-corrected chi connectivity index (χ2v) is 36.1. The summed E-state index contributed by atoms with van der Waals surface area (Å²) < 4.78 is 69.0. The molecule has 0 heterocycles. The zero-order chi connectivity index (χ0) is 79.3. The van der Waals surface area contributed by atoms with Crippen molar-refractivity contribution in [1.29, 1.82) is 0 Å². The number of esters is 4. The Morgan fingerprint density at radius 2 is 0.472 bits per heavy atom. The number of aliphatic hydroxyl groups is 1. The van der Waals surface area contributed by atoms with E-state index in [1.807, 2.05) is 0 Å². The summed E-state index contributed by atoms with van der Waals surface area (Å²) in [6.45, 7) is 12.1. The highest BCUT2D eigenvalue weighted by atomic mass is 31.2. The van der Waals surface area contributed by atoms with Crippen molar-refractivity contribution in [2.45, 2.75) is 491 Å². The van der Waals surface area contributed by atoms with E-state index in [0.717, 1.165) is 108 Å². The molecule has 0 spiro atoms. The number of carbonyl (C=O) groups is 4. The second kappa shape index (κ2) is 78.9. The molecule has 0 amide bonds. The molecule has 0 aliphatic rings. The monoisotopic (exact) mass is 1580 g/mol. The molecule has 0 saturated carbocycles. The van der Waals surface area contributed by atoms with Crippen molar-refractivity contribution in [3.05, 3.63) is 0 Å². The molecule has 17 nitrogen and oxygen atoms in total. The molecule has 0 aliphatic carbocycles. The van der Waals surface area contributed by atoms with Crippen LogP contribution in [-0.2, 0) is 65.4 Å². The molecular formula is C89H174O17P2. The highest BCUT2D eigenvalue weighted by Gasteiger charge is 2.31. The highest BCUT2D eigenvalue weighted by molar-refractivity contribution is 7.47. The molecule has 0 aromatic heterocycles. The van der Waals surface area contributed by atoms with Gasteiger partial charge in [0.2, 0.25) is 0 Å². The first-order valence-electron chi connectivity index (χ1n) is 45.9. The van der Waals surface area contributed by atoms with Crippen LogP contribution in [0.25, 0.3) is 0 Å². The molecule has 0 saturated heterocycles. The lowest BCUT2D eigenvalue weighted by Gasteiger charge is -2.21. The van der Waals surface area contributed by atoms with Crippen molar-refractivity contribution >= 4 is 39.5 Å². The maximum absolute atomic E-state index is 13.2. The largest absolute Gasteiger partial charge is 0.472 e. The van der Waals surface area contributed by atoms with E-state index in [9.17, 15) is 43.2 Å². The first-order chi connectivity index (χ1) is 52.3. The number of aliphatic hydroxyl groups excluding tert-OH is 1. The van der Waals surface area contributed by atoms with E-state index < -0.39 is 97.5 Å². The van der Waals surface area contributed by atoms with Gasteiger partial charge < -0.3 is 33.8 Å². The molecule has 0 aliphatic heterocycles. The van der Waals surface area contributed by atoms with Gasteiger partial charge in [-0.2, -0.15) is 0 Å². The van der Waals surface area contributed by atoms with Crippen molar-refractivity contribution in [2.75, 3.05) is 39.6 Å². The minimum atomic E-state index is -4.97. The van der Waals surface area contributed by atoms with Crippen LogP contribution >= 0.6 is 15.6 Å². The summed E-state index contributed by atoms with van der Waals surface area (Å²) in [6, 6.07) is 0. The normalized spacial score (nSPS) is 14.1. The highest BCUT2D eigenvalue weighted by Crippen LogP contribution is 2.45. The van der Waals surface area contributed by atoms with Crippen LogP contribution in [0.2, 0.25) is 0 Å². The Morgan fingerprint density at radius 3 is 0.704 bits per heavy atom. The molecule has 0 aromatic rings. The number of carbonyl (C=O) groups excluding carboxylic acids is 4. The van der Waals surface area contributed by atoms with Gasteiger partial charge in [-0.25, -0.2) is 9.13 Å². The number of phosphoric ester groups is 2. The predicted molar refractivity (Wildman–Crippen MR) is 446 cm³/mol. The van der Waals surface area contributed by atoms with E-state index in [1.54, 1.807) is 0 Å². The molecule has 642 valence electrons. The SMILES string of the molecule is CCCCCCCCCCCCCCCCCCCCCCCC(=O)O[C@H](COC(=O)CCCCCCCCCCCCCCCCC(C)CC)COP(=O)(O)OC[C@@H](O)COP(=O)(O)OC[C@@H](COC(=O)CCCCCCCCCCCC(C)C)OC(=O)CCCCCCCCCCCCCCCCC(C)C. The van der Waals surface area contributed by atoms with E-state index in [2.05, 4.69) is 48.5 Å². The molecule has 0 fully saturated rings. The molecular weight excluding hydrogens is 1400 g/mol. The Labute approximate surface area is 664 Å². The van der Waals surface area contributed by atoms with Gasteiger partial charge in [-0.15, -0.1) is 0 Å². The van der Waals surface area contributed by atoms with Gasteiger partial charge in [0.15, 0.2) is 12.2 Å². The maximum Gasteiger partial charge on any atom is 0.472 e. The van der Waals surface area contributed by atoms with Gasteiger partial charge >= 0.3 is 39.5 Å². The predicted octanol–water partition coefficient (Wildman–Crippen LogP) is 27.3. The summed E-state index contributed by atoms with van der Waals surface area (Å²) in [4.78, 5) is 73.4. The molecule has 6 atom stereocenters. The number of unbranched alkanes of at least 4 members (excludes halogenated alkanes) is 54. The van der Waals surface area contributed by atoms with Gasteiger partial charge in [0.05, 0.1) is 26.4 Å². The quantitative estimate of drug-likeness (QED) is 0.0222. The van der Waals surface area contributed by atoms with E-state index >= 15 is 0 Å². The summed E-state index contributed by atoms with van der Waals surface area (Å²) in [6.07, 6.45) is 70.8. The first kappa shape index (κ1) is 106. The van der Waals surface area contributed by atoms with E-state index in [4.69, 9.17) is 37.0 Å². The number of rotatable bonds is 87. The third kappa shape index (κ3) is 80.7. The third-order valence-corrected chi connectivity index (χ3v) is 23.1. The van der Waals surface area contributed by atoms with Crippen molar-refractivity contribution < 1.29 is 80.2 Å². The number of ether oxygens (including phenoxy) is 4. The van der Waals surface area contributed by atoms with E-state index in [-0.39, 0.29) is 25.7 Å². The van der Waals surface area contributed by atoms with Crippen molar-refractivity contribution in [3.63, 3.8) is 0 Å². The molecule has 3 unspecified atom stereocenters. The number of hydrogen-bond acceptors (Lipinski definition) is 15. The summed E-state index contributed by atoms with van der Waals surface area (Å²) in [7, 11) is -9.93. The zero-order valence-corrected chi connectivity index (χ0v) is 73.1. The van der Waals surface area contributed by atoms with Crippen LogP contribution in [0.1, 0.15) is 472 Å². The van der Waals surface area contributed by atoms with E-state index in [0.29, 0.717) is 25.7 Å². The molecule has 3 N–H and O–H groups in total. The van der Waals surface area contributed by atoms with Gasteiger partial charge in [0.1, 0.15) is 19.3 Å². The lowest BCUT2D eigenvalue weighted by Crippen LogP contribution is -2.30. The van der Waals surface area contributed by atoms with Crippen LogP contribution in [-0.4, -0.2) is 96.7 Å². The smallest absolute Gasteiger partial charge is 0.462 e. The molecule has 0 bridgehead atoms. The average Bonchev–Trinajstić information content (AvgIpc) is 0.902. The topological polar surface area (TPSA) is 237 Å². The second-order valence-electron chi connectivity index (χ2n) is 33.2. The Morgan fingerprint density at radius 1 is 0.269 bits per heavy atom. The summed E-state index contributed by atoms with van der Waals surface area (Å²) in [5, 5.41) is 10.7. The fraction of sp³-hybridized carbons (Fsp3) is 0.955. The minimum absolute atomic E-state index is 0.107. The summed E-state index contributed by atoms with van der Waals surface area (Å²) >= 11 is 0. The van der Waals surface area contributed by atoms with Gasteiger partial charge in [0.25, 0.3) is 0 Å². The van der Waals surface area contributed by atoms with Crippen molar-refractivity contribution in [2.24, 2.45) is 17.8 Å². The summed E-state index contributed by atoms with van der Waals surface area (Å²) in [5.41, 5.74) is 0. The van der Waals surface area contributed by atoms with Crippen LogP contribution in [0.3, 0.4) is 0 Å². The van der Waals surface area contributed by atoms with Gasteiger partial charge in [-0.05, 0) is 43.4 Å². The van der Waals surface area contributed by atoms with Crippen LogP contribution in [0.4, 0.5) is 0 Å². The Bertz CT molecular complexity index is 2080. The minimum Gasteiger partial charge on any atom is -0.462 e. The standard InChI is InChI=1S/C89H174O17P2/c1-8-10-11-12-13-14-15-16-17-18-19-20-21-22-23-31-36-43-51-58-65-72-88(93)105-84(76-99-86(91)70-63-56-49-42-35-30-27-25-29-34-41-48-55-62-69-82(7)9-2)78-103-107(95,96)101-74-83(90)75-102-108(97,98)104-79-85(77-100-87(92)71-64-57-50-45-38-40-47-54-61-68-81(5)6)106-89(94)73-66-59-52-44-37-32-26-24-28-33-39-46-53-60-67-80(3)4/h80-85,90H,8-79H2,1-7H3,(H,95,96)(H,97,98)/t82?,83-,84-,85-/m1/s1. The molecule has 0 aromatic carbocycles. The Kier molecular flexibility index (Phi) is 77.5. The lowest BCUT2D eigenvalue weighted by atomic mass is 9.99. The molecule has 0 rings (SSSR count). The maximum atomic E-state index is 13.2. The first-order valence-corrected chi connectivity index (χ1v) is 48.9. The van der Waals surface area contributed by atoms with Gasteiger partial charge in [0, 0.05) is 25.7 Å². The average molecular weight is 1580 g/mol. The van der Waals surface area contributed by atoms with Crippen LogP contribution < -0.4 is 0 Å². The zero-order valence-electron chi connectivity index (χ0n) is 71.3. The van der Waals surface area contributed by atoms with E-state index in [1.165, 1.54) is 283 Å². The fourth-order valence-electron chi connectivity index (χ4n) is 13.9.